The lowest BCUT2D eigenvalue weighted by atomic mass is 10.2. The molecular formula is C12H14N2O. The van der Waals surface area contributed by atoms with Crippen molar-refractivity contribution in [2.24, 2.45) is 0 Å². The summed E-state index contributed by atoms with van der Waals surface area (Å²) in [6, 6.07) is 5.82. The van der Waals surface area contributed by atoms with Crippen molar-refractivity contribution in [1.82, 2.24) is 9.97 Å². The predicted octanol–water partition coefficient (Wildman–Crippen LogP) is 2.76. The number of nitrogens with zero attached hydrogens (tertiary/aromatic N) is 2. The van der Waals surface area contributed by atoms with Crippen molar-refractivity contribution < 1.29 is 4.74 Å². The van der Waals surface area contributed by atoms with E-state index in [0.717, 1.165) is 22.5 Å². The molecule has 15 heavy (non-hydrogen) atoms. The topological polar surface area (TPSA) is 35.0 Å². The zero-order valence-corrected chi connectivity index (χ0v) is 9.19. The van der Waals surface area contributed by atoms with Gasteiger partial charge in [0.2, 0.25) is 0 Å². The zero-order chi connectivity index (χ0) is 10.8. The molecule has 0 aliphatic rings. The molecule has 0 saturated heterocycles. The predicted molar refractivity (Wildman–Crippen MR) is 60.2 cm³/mol. The highest BCUT2D eigenvalue weighted by atomic mass is 16.5. The molecule has 0 bridgehead atoms. The molecule has 0 fully saturated rings. The van der Waals surface area contributed by atoms with Crippen molar-refractivity contribution >= 4 is 10.9 Å². The average molecular weight is 202 g/mol. The monoisotopic (exact) mass is 202 g/mol. The molecule has 1 aromatic heterocycles. The normalized spacial score (nSPS) is 10.9. The Balaban J connectivity index is 2.55. The highest BCUT2D eigenvalue weighted by molar-refractivity contribution is 5.79. The maximum Gasteiger partial charge on any atom is 0.131 e. The van der Waals surface area contributed by atoms with Gasteiger partial charge in [-0.2, -0.15) is 0 Å². The first kappa shape index (κ1) is 9.90. The SMILES string of the molecule is COc1ccc2nc(C(C)C)ncc2c1. The number of fused-ring (bicyclic) bond motifs is 1. The molecule has 0 amide bonds. The van der Waals surface area contributed by atoms with E-state index in [1.807, 2.05) is 24.4 Å². The average Bonchev–Trinajstić information content (AvgIpc) is 2.27. The molecule has 0 spiro atoms. The summed E-state index contributed by atoms with van der Waals surface area (Å²) in [4.78, 5) is 8.80. The lowest BCUT2D eigenvalue weighted by Gasteiger charge is -2.05. The minimum Gasteiger partial charge on any atom is -0.497 e. The number of hydrogen-bond donors (Lipinski definition) is 0. The van der Waals surface area contributed by atoms with Crippen molar-refractivity contribution in [2.75, 3.05) is 7.11 Å². The van der Waals surface area contributed by atoms with Crippen LogP contribution in [0.25, 0.3) is 10.9 Å². The van der Waals surface area contributed by atoms with Crippen molar-refractivity contribution in [3.8, 4) is 5.75 Å². The molecule has 1 aromatic carbocycles. The van der Waals surface area contributed by atoms with Crippen LogP contribution in [0, 0.1) is 0 Å². The van der Waals surface area contributed by atoms with E-state index in [-0.39, 0.29) is 0 Å². The number of rotatable bonds is 2. The Bertz CT molecular complexity index is 480. The first-order valence-corrected chi connectivity index (χ1v) is 5.01. The number of hydrogen-bond acceptors (Lipinski definition) is 3. The van der Waals surface area contributed by atoms with E-state index >= 15 is 0 Å². The summed E-state index contributed by atoms with van der Waals surface area (Å²) in [6.07, 6.45) is 1.85. The van der Waals surface area contributed by atoms with Crippen LogP contribution in [-0.4, -0.2) is 17.1 Å². The molecule has 0 aliphatic heterocycles. The van der Waals surface area contributed by atoms with Gasteiger partial charge in [0.05, 0.1) is 12.6 Å². The summed E-state index contributed by atoms with van der Waals surface area (Å²) in [5.74, 6) is 2.08. The highest BCUT2D eigenvalue weighted by Crippen LogP contribution is 2.20. The Hall–Kier alpha value is -1.64. The number of benzene rings is 1. The second-order valence-electron chi connectivity index (χ2n) is 3.81. The molecule has 0 aliphatic carbocycles. The van der Waals surface area contributed by atoms with Crippen LogP contribution in [0.1, 0.15) is 25.6 Å². The van der Waals surface area contributed by atoms with Gasteiger partial charge in [-0.25, -0.2) is 9.97 Å². The summed E-state index contributed by atoms with van der Waals surface area (Å²) in [5, 5.41) is 1.01. The van der Waals surface area contributed by atoms with E-state index in [2.05, 4.69) is 23.8 Å². The van der Waals surface area contributed by atoms with Gasteiger partial charge in [0, 0.05) is 17.5 Å². The van der Waals surface area contributed by atoms with E-state index in [1.54, 1.807) is 7.11 Å². The van der Waals surface area contributed by atoms with Crippen molar-refractivity contribution in [3.05, 3.63) is 30.2 Å². The van der Waals surface area contributed by atoms with Crippen LogP contribution in [0.15, 0.2) is 24.4 Å². The molecule has 0 saturated carbocycles. The first-order chi connectivity index (χ1) is 7.20. The summed E-state index contributed by atoms with van der Waals surface area (Å²) in [6.45, 7) is 4.18. The Morgan fingerprint density at radius 2 is 2.07 bits per heavy atom. The largest absolute Gasteiger partial charge is 0.497 e. The van der Waals surface area contributed by atoms with E-state index in [0.29, 0.717) is 5.92 Å². The maximum atomic E-state index is 5.14. The second-order valence-corrected chi connectivity index (χ2v) is 3.81. The van der Waals surface area contributed by atoms with Gasteiger partial charge in [0.25, 0.3) is 0 Å². The van der Waals surface area contributed by atoms with Gasteiger partial charge in [-0.3, -0.25) is 0 Å². The molecule has 3 heteroatoms. The molecule has 0 unspecified atom stereocenters. The number of methoxy groups -OCH3 is 1. The summed E-state index contributed by atoms with van der Waals surface area (Å²) in [7, 11) is 1.66. The minimum absolute atomic E-state index is 0.358. The molecule has 0 atom stereocenters. The molecule has 0 N–H and O–H groups in total. The van der Waals surface area contributed by atoms with Crippen LogP contribution in [0.2, 0.25) is 0 Å². The Morgan fingerprint density at radius 1 is 1.27 bits per heavy atom. The Kier molecular flexibility index (Phi) is 2.54. The molecule has 78 valence electrons. The third kappa shape index (κ3) is 1.91. The zero-order valence-electron chi connectivity index (χ0n) is 9.19. The van der Waals surface area contributed by atoms with Crippen molar-refractivity contribution in [3.63, 3.8) is 0 Å². The fourth-order valence-corrected chi connectivity index (χ4v) is 1.43. The van der Waals surface area contributed by atoms with E-state index in [9.17, 15) is 0 Å². The molecule has 1 heterocycles. The second kappa shape index (κ2) is 3.85. The van der Waals surface area contributed by atoms with Crippen LogP contribution < -0.4 is 4.74 Å². The van der Waals surface area contributed by atoms with Crippen molar-refractivity contribution in [2.45, 2.75) is 19.8 Å². The van der Waals surface area contributed by atoms with Gasteiger partial charge in [-0.05, 0) is 18.2 Å². The van der Waals surface area contributed by atoms with E-state index in [4.69, 9.17) is 4.74 Å². The quantitative estimate of drug-likeness (QED) is 0.751. The fraction of sp³-hybridized carbons (Fsp3) is 0.333. The highest BCUT2D eigenvalue weighted by Gasteiger charge is 2.04. The van der Waals surface area contributed by atoms with Gasteiger partial charge in [0.15, 0.2) is 0 Å². The standard InChI is InChI=1S/C12H14N2O/c1-8(2)12-13-7-9-6-10(15-3)4-5-11(9)14-12/h4-8H,1-3H3. The van der Waals surface area contributed by atoms with E-state index in [1.165, 1.54) is 0 Å². The number of ether oxygens (including phenoxy) is 1. The molecule has 3 nitrogen and oxygen atoms in total. The first-order valence-electron chi connectivity index (χ1n) is 5.01. The number of aromatic nitrogens is 2. The Morgan fingerprint density at radius 3 is 2.73 bits per heavy atom. The third-order valence-electron chi connectivity index (χ3n) is 2.32. The maximum absolute atomic E-state index is 5.14. The van der Waals surface area contributed by atoms with Gasteiger partial charge < -0.3 is 4.74 Å². The lowest BCUT2D eigenvalue weighted by molar-refractivity contribution is 0.415. The Labute approximate surface area is 89.1 Å². The smallest absolute Gasteiger partial charge is 0.131 e. The minimum atomic E-state index is 0.358. The lowest BCUT2D eigenvalue weighted by Crippen LogP contribution is -1.97. The fourth-order valence-electron chi connectivity index (χ4n) is 1.43. The third-order valence-corrected chi connectivity index (χ3v) is 2.32. The van der Waals surface area contributed by atoms with Gasteiger partial charge >= 0.3 is 0 Å². The van der Waals surface area contributed by atoms with Gasteiger partial charge in [0.1, 0.15) is 11.6 Å². The molecule has 2 rings (SSSR count). The van der Waals surface area contributed by atoms with Crippen LogP contribution in [0.5, 0.6) is 5.75 Å². The summed E-state index contributed by atoms with van der Waals surface area (Å²) < 4.78 is 5.14. The van der Waals surface area contributed by atoms with Gasteiger partial charge in [-0.1, -0.05) is 13.8 Å². The molecular weight excluding hydrogens is 188 g/mol. The van der Waals surface area contributed by atoms with Crippen molar-refractivity contribution in [1.29, 1.82) is 0 Å². The van der Waals surface area contributed by atoms with Crippen LogP contribution in [0.3, 0.4) is 0 Å². The summed E-state index contributed by atoms with van der Waals surface area (Å²) >= 11 is 0. The van der Waals surface area contributed by atoms with E-state index < -0.39 is 0 Å². The van der Waals surface area contributed by atoms with Crippen LogP contribution in [-0.2, 0) is 0 Å². The van der Waals surface area contributed by atoms with Crippen LogP contribution in [0.4, 0.5) is 0 Å². The van der Waals surface area contributed by atoms with Crippen LogP contribution >= 0.6 is 0 Å². The molecule has 0 radical (unpaired) electrons. The summed E-state index contributed by atoms with van der Waals surface area (Å²) in [5.41, 5.74) is 0.967. The molecule has 2 aromatic rings. The van der Waals surface area contributed by atoms with Gasteiger partial charge in [-0.15, -0.1) is 0 Å².